The first-order valence-electron chi connectivity index (χ1n) is 6.42. The van der Waals surface area contributed by atoms with Gasteiger partial charge in [-0.2, -0.15) is 5.10 Å². The van der Waals surface area contributed by atoms with Crippen molar-refractivity contribution in [2.24, 2.45) is 0 Å². The molecule has 7 heteroatoms. The van der Waals surface area contributed by atoms with Gasteiger partial charge in [0.15, 0.2) is 11.6 Å². The molecular weight excluding hydrogens is 300 g/mol. The van der Waals surface area contributed by atoms with Crippen molar-refractivity contribution in [3.63, 3.8) is 0 Å². The number of nitrogens with zero attached hydrogens (tertiary/aromatic N) is 2. The summed E-state index contributed by atoms with van der Waals surface area (Å²) in [6.07, 6.45) is 1.38. The molecular formula is C14H16ClF2N3O. The number of benzene rings is 1. The van der Waals surface area contributed by atoms with Crippen molar-refractivity contribution in [2.45, 2.75) is 13.5 Å². The Morgan fingerprint density at radius 2 is 2.00 bits per heavy atom. The zero-order valence-electron chi connectivity index (χ0n) is 11.8. The highest BCUT2D eigenvalue weighted by molar-refractivity contribution is 6.31. The Hall–Kier alpha value is -1.50. The fraction of sp³-hybridized carbons (Fsp3) is 0.357. The molecule has 0 saturated carbocycles. The van der Waals surface area contributed by atoms with Crippen LogP contribution < -0.4 is 5.32 Å². The van der Waals surface area contributed by atoms with Gasteiger partial charge in [-0.25, -0.2) is 13.5 Å². The SMILES string of the molecule is COCCNCc1cc(F)c(-n2cc(Cl)c(C)n2)c(F)c1. The number of aryl methyl sites for hydroxylation is 1. The van der Waals surface area contributed by atoms with Crippen LogP contribution in [-0.2, 0) is 11.3 Å². The largest absolute Gasteiger partial charge is 0.383 e. The van der Waals surface area contributed by atoms with Gasteiger partial charge in [0.05, 0.1) is 17.3 Å². The summed E-state index contributed by atoms with van der Waals surface area (Å²) < 4.78 is 34.2. The van der Waals surface area contributed by atoms with E-state index in [9.17, 15) is 8.78 Å². The summed E-state index contributed by atoms with van der Waals surface area (Å²) in [5.74, 6) is -1.37. The molecule has 1 N–H and O–H groups in total. The summed E-state index contributed by atoms with van der Waals surface area (Å²) in [6, 6.07) is 2.56. The average molecular weight is 316 g/mol. The average Bonchev–Trinajstić information content (AvgIpc) is 2.73. The van der Waals surface area contributed by atoms with E-state index in [1.807, 2.05) is 0 Å². The van der Waals surface area contributed by atoms with Crippen LogP contribution in [0.15, 0.2) is 18.3 Å². The Labute approximate surface area is 126 Å². The topological polar surface area (TPSA) is 39.1 Å². The van der Waals surface area contributed by atoms with Gasteiger partial charge in [0.25, 0.3) is 0 Å². The third-order valence-corrected chi connectivity index (χ3v) is 3.33. The Kier molecular flexibility index (Phi) is 5.27. The Morgan fingerprint density at radius 3 is 2.52 bits per heavy atom. The molecule has 114 valence electrons. The highest BCUT2D eigenvalue weighted by Gasteiger charge is 2.15. The van der Waals surface area contributed by atoms with Crippen molar-refractivity contribution in [3.05, 3.63) is 46.2 Å². The first-order valence-corrected chi connectivity index (χ1v) is 6.80. The van der Waals surface area contributed by atoms with Crippen LogP contribution in [0.3, 0.4) is 0 Å². The molecule has 0 bridgehead atoms. The molecule has 2 aromatic rings. The molecule has 1 heterocycles. The summed E-state index contributed by atoms with van der Waals surface area (Å²) in [4.78, 5) is 0. The van der Waals surface area contributed by atoms with E-state index >= 15 is 0 Å². The fourth-order valence-corrected chi connectivity index (χ4v) is 2.03. The van der Waals surface area contributed by atoms with E-state index in [1.54, 1.807) is 14.0 Å². The molecule has 4 nitrogen and oxygen atoms in total. The molecule has 0 radical (unpaired) electrons. The van der Waals surface area contributed by atoms with Gasteiger partial charge in [0.1, 0.15) is 5.69 Å². The van der Waals surface area contributed by atoms with Crippen molar-refractivity contribution in [2.75, 3.05) is 20.3 Å². The maximum Gasteiger partial charge on any atom is 0.152 e. The third-order valence-electron chi connectivity index (χ3n) is 2.96. The standard InChI is InChI=1S/C14H16ClF2N3O/c1-9-11(15)8-20(19-9)14-12(16)5-10(6-13(14)17)7-18-3-4-21-2/h5-6,8,18H,3-4,7H2,1-2H3. The maximum absolute atomic E-state index is 14.1. The number of aromatic nitrogens is 2. The van der Waals surface area contributed by atoms with Gasteiger partial charge in [-0.05, 0) is 24.6 Å². The molecule has 0 aliphatic carbocycles. The first-order chi connectivity index (χ1) is 10.0. The van der Waals surface area contributed by atoms with Crippen LogP contribution in [0.4, 0.5) is 8.78 Å². The molecule has 0 atom stereocenters. The number of hydrogen-bond donors (Lipinski definition) is 1. The predicted molar refractivity (Wildman–Crippen MR) is 76.8 cm³/mol. The Balaban J connectivity index is 2.21. The summed E-state index contributed by atoms with van der Waals surface area (Å²) >= 11 is 5.86. The lowest BCUT2D eigenvalue weighted by molar-refractivity contribution is 0.199. The molecule has 0 fully saturated rings. The summed E-state index contributed by atoms with van der Waals surface area (Å²) in [5, 5.41) is 7.38. The van der Waals surface area contributed by atoms with Gasteiger partial charge in [0.2, 0.25) is 0 Å². The van der Waals surface area contributed by atoms with Gasteiger partial charge in [-0.3, -0.25) is 0 Å². The van der Waals surface area contributed by atoms with E-state index in [1.165, 1.54) is 18.3 Å². The second-order valence-electron chi connectivity index (χ2n) is 4.58. The van der Waals surface area contributed by atoms with Crippen LogP contribution in [0.1, 0.15) is 11.3 Å². The minimum Gasteiger partial charge on any atom is -0.383 e. The van der Waals surface area contributed by atoms with E-state index in [4.69, 9.17) is 16.3 Å². The van der Waals surface area contributed by atoms with Crippen molar-refractivity contribution >= 4 is 11.6 Å². The lowest BCUT2D eigenvalue weighted by Gasteiger charge is -2.09. The van der Waals surface area contributed by atoms with E-state index in [0.717, 1.165) is 4.68 Å². The smallest absolute Gasteiger partial charge is 0.152 e. The van der Waals surface area contributed by atoms with E-state index < -0.39 is 11.6 Å². The highest BCUT2D eigenvalue weighted by Crippen LogP contribution is 2.22. The number of nitrogens with one attached hydrogen (secondary N) is 1. The third kappa shape index (κ3) is 3.78. The van der Waals surface area contributed by atoms with Gasteiger partial charge in [-0.15, -0.1) is 0 Å². The van der Waals surface area contributed by atoms with Gasteiger partial charge in [-0.1, -0.05) is 11.6 Å². The van der Waals surface area contributed by atoms with Gasteiger partial charge in [0, 0.05) is 26.4 Å². The number of ether oxygens (including phenoxy) is 1. The lowest BCUT2D eigenvalue weighted by atomic mass is 10.2. The minimum atomic E-state index is -0.683. The molecule has 2 rings (SSSR count). The number of halogens is 3. The van der Waals surface area contributed by atoms with Crippen molar-refractivity contribution in [3.8, 4) is 5.69 Å². The van der Waals surface area contributed by atoms with Crippen LogP contribution >= 0.6 is 11.6 Å². The second kappa shape index (κ2) is 6.98. The molecule has 0 amide bonds. The lowest BCUT2D eigenvalue weighted by Crippen LogP contribution is -2.19. The van der Waals surface area contributed by atoms with E-state index in [2.05, 4.69) is 10.4 Å². The monoisotopic (exact) mass is 315 g/mol. The van der Waals surface area contributed by atoms with Gasteiger partial charge < -0.3 is 10.1 Å². The van der Waals surface area contributed by atoms with Crippen molar-refractivity contribution in [1.82, 2.24) is 15.1 Å². The van der Waals surface area contributed by atoms with Crippen LogP contribution in [0.25, 0.3) is 5.69 Å². The molecule has 0 aliphatic rings. The summed E-state index contributed by atoms with van der Waals surface area (Å²) in [5.41, 5.74) is 0.797. The number of hydrogen-bond acceptors (Lipinski definition) is 3. The normalized spacial score (nSPS) is 11.1. The number of methoxy groups -OCH3 is 1. The van der Waals surface area contributed by atoms with Gasteiger partial charge >= 0.3 is 0 Å². The molecule has 0 aliphatic heterocycles. The highest BCUT2D eigenvalue weighted by atomic mass is 35.5. The van der Waals surface area contributed by atoms with Crippen LogP contribution in [0.2, 0.25) is 5.02 Å². The molecule has 1 aromatic heterocycles. The summed E-state index contributed by atoms with van der Waals surface area (Å²) in [7, 11) is 1.59. The van der Waals surface area contributed by atoms with Crippen molar-refractivity contribution < 1.29 is 13.5 Å². The molecule has 0 saturated heterocycles. The quantitative estimate of drug-likeness (QED) is 0.833. The zero-order chi connectivity index (χ0) is 15.4. The van der Waals surface area contributed by atoms with Crippen LogP contribution in [0.5, 0.6) is 0 Å². The van der Waals surface area contributed by atoms with Crippen LogP contribution in [0, 0.1) is 18.6 Å². The molecule has 21 heavy (non-hydrogen) atoms. The van der Waals surface area contributed by atoms with Crippen molar-refractivity contribution in [1.29, 1.82) is 0 Å². The second-order valence-corrected chi connectivity index (χ2v) is 4.99. The molecule has 0 spiro atoms. The Bertz CT molecular complexity index is 588. The van der Waals surface area contributed by atoms with E-state index in [0.29, 0.717) is 36.0 Å². The molecule has 1 aromatic carbocycles. The zero-order valence-corrected chi connectivity index (χ0v) is 12.5. The maximum atomic E-state index is 14.1. The first kappa shape index (κ1) is 15.9. The predicted octanol–water partition coefficient (Wildman–Crippen LogP) is 2.85. The van der Waals surface area contributed by atoms with Crippen LogP contribution in [-0.4, -0.2) is 30.0 Å². The minimum absolute atomic E-state index is 0.231. The number of rotatable bonds is 6. The molecule has 0 unspecified atom stereocenters. The Morgan fingerprint density at radius 1 is 1.33 bits per heavy atom. The summed E-state index contributed by atoms with van der Waals surface area (Å²) in [6.45, 7) is 3.17. The van der Waals surface area contributed by atoms with E-state index in [-0.39, 0.29) is 5.69 Å². The fourth-order valence-electron chi connectivity index (χ4n) is 1.90.